The van der Waals surface area contributed by atoms with Gasteiger partial charge in [0.05, 0.1) is 10.6 Å². The number of rotatable bonds is 5. The van der Waals surface area contributed by atoms with Gasteiger partial charge in [0, 0.05) is 10.6 Å². The number of carbonyl (C=O) groups excluding carboxylic acids is 2. The first-order chi connectivity index (χ1) is 14.5. The Kier molecular flexibility index (Phi) is 5.93. The molecular formula is C24H18ClNO3S. The standard InChI is InChI=1S/C24H18ClNO3S/c1-16-9-11-17(12-10-16)15-29-21-8-3-2-5-18(21)13-22-23(27)26(24(28)30-22)20-7-4-6-19(25)14-20/h2-14H,15H2,1H3/b22-13+. The fourth-order valence-electron chi connectivity index (χ4n) is 3.02. The molecule has 1 aliphatic heterocycles. The Morgan fingerprint density at radius 1 is 1.00 bits per heavy atom. The lowest BCUT2D eigenvalue weighted by Crippen LogP contribution is -2.27. The third kappa shape index (κ3) is 4.42. The SMILES string of the molecule is Cc1ccc(COc2ccccc2/C=C2/SC(=O)N(c3cccc(Cl)c3)C2=O)cc1. The summed E-state index contributed by atoms with van der Waals surface area (Å²) in [7, 11) is 0. The first-order valence-electron chi connectivity index (χ1n) is 9.32. The van der Waals surface area contributed by atoms with Crippen LogP contribution in [-0.4, -0.2) is 11.1 Å². The van der Waals surface area contributed by atoms with Crippen molar-refractivity contribution in [2.45, 2.75) is 13.5 Å². The lowest BCUT2D eigenvalue weighted by atomic mass is 10.1. The number of halogens is 1. The number of amides is 2. The summed E-state index contributed by atoms with van der Waals surface area (Å²) in [6, 6.07) is 22.3. The van der Waals surface area contributed by atoms with Crippen LogP contribution in [0.25, 0.3) is 6.08 Å². The maximum atomic E-state index is 12.9. The van der Waals surface area contributed by atoms with E-state index >= 15 is 0 Å². The molecule has 1 fully saturated rings. The molecule has 0 saturated carbocycles. The molecule has 6 heteroatoms. The van der Waals surface area contributed by atoms with E-state index in [-0.39, 0.29) is 11.1 Å². The quantitative estimate of drug-likeness (QED) is 0.431. The van der Waals surface area contributed by atoms with Crippen LogP contribution in [0.1, 0.15) is 16.7 Å². The van der Waals surface area contributed by atoms with Gasteiger partial charge in [-0.05, 0) is 54.6 Å². The summed E-state index contributed by atoms with van der Waals surface area (Å²) in [6.07, 6.45) is 1.69. The molecule has 4 rings (SSSR count). The molecule has 0 bridgehead atoms. The number of para-hydroxylation sites is 1. The van der Waals surface area contributed by atoms with Crippen molar-refractivity contribution in [3.63, 3.8) is 0 Å². The van der Waals surface area contributed by atoms with Gasteiger partial charge in [-0.2, -0.15) is 0 Å². The number of thioether (sulfide) groups is 1. The van der Waals surface area contributed by atoms with Crippen molar-refractivity contribution in [1.29, 1.82) is 0 Å². The molecular weight excluding hydrogens is 418 g/mol. The van der Waals surface area contributed by atoms with Gasteiger partial charge in [-0.1, -0.05) is 65.7 Å². The normalized spacial score (nSPS) is 15.1. The third-order valence-corrected chi connectivity index (χ3v) is 5.69. The van der Waals surface area contributed by atoms with Crippen LogP contribution in [0.5, 0.6) is 5.75 Å². The van der Waals surface area contributed by atoms with Crippen LogP contribution >= 0.6 is 23.4 Å². The molecule has 3 aromatic rings. The highest BCUT2D eigenvalue weighted by atomic mass is 35.5. The van der Waals surface area contributed by atoms with Crippen molar-refractivity contribution in [1.82, 2.24) is 0 Å². The van der Waals surface area contributed by atoms with Gasteiger partial charge in [0.15, 0.2) is 0 Å². The lowest BCUT2D eigenvalue weighted by molar-refractivity contribution is -0.113. The summed E-state index contributed by atoms with van der Waals surface area (Å²) in [5.41, 5.74) is 3.43. The number of anilines is 1. The second-order valence-corrected chi connectivity index (χ2v) is 8.24. The van der Waals surface area contributed by atoms with Crippen molar-refractivity contribution in [2.75, 3.05) is 4.90 Å². The van der Waals surface area contributed by atoms with Crippen molar-refractivity contribution >= 4 is 46.3 Å². The maximum Gasteiger partial charge on any atom is 0.298 e. The maximum absolute atomic E-state index is 12.9. The summed E-state index contributed by atoms with van der Waals surface area (Å²) in [4.78, 5) is 26.8. The molecule has 150 valence electrons. The zero-order valence-corrected chi connectivity index (χ0v) is 17.7. The summed E-state index contributed by atoms with van der Waals surface area (Å²) < 4.78 is 5.98. The lowest BCUT2D eigenvalue weighted by Gasteiger charge is -2.12. The van der Waals surface area contributed by atoms with Crippen LogP contribution in [0.4, 0.5) is 10.5 Å². The molecule has 0 atom stereocenters. The van der Waals surface area contributed by atoms with E-state index in [9.17, 15) is 9.59 Å². The third-order valence-electron chi connectivity index (χ3n) is 4.58. The molecule has 4 nitrogen and oxygen atoms in total. The van der Waals surface area contributed by atoms with E-state index in [4.69, 9.17) is 16.3 Å². The van der Waals surface area contributed by atoms with E-state index in [1.807, 2.05) is 55.5 Å². The summed E-state index contributed by atoms with van der Waals surface area (Å²) in [5, 5.41) is 0.108. The van der Waals surface area contributed by atoms with Gasteiger partial charge in [0.2, 0.25) is 0 Å². The van der Waals surface area contributed by atoms with Crippen LogP contribution in [0.2, 0.25) is 5.02 Å². The molecule has 30 heavy (non-hydrogen) atoms. The average molecular weight is 436 g/mol. The zero-order valence-electron chi connectivity index (χ0n) is 16.2. The number of carbonyl (C=O) groups is 2. The molecule has 0 spiro atoms. The smallest absolute Gasteiger partial charge is 0.298 e. The fourth-order valence-corrected chi connectivity index (χ4v) is 4.04. The Balaban J connectivity index is 1.57. The molecule has 2 amide bonds. The van der Waals surface area contributed by atoms with Crippen LogP contribution in [0.3, 0.4) is 0 Å². The van der Waals surface area contributed by atoms with Crippen molar-refractivity contribution in [3.05, 3.63) is 99.4 Å². The second kappa shape index (κ2) is 8.78. The predicted octanol–water partition coefficient (Wildman–Crippen LogP) is 6.47. The first-order valence-corrected chi connectivity index (χ1v) is 10.5. The average Bonchev–Trinajstić information content (AvgIpc) is 3.01. The topological polar surface area (TPSA) is 46.6 Å². The molecule has 1 heterocycles. The Morgan fingerprint density at radius 3 is 2.53 bits per heavy atom. The van der Waals surface area contributed by atoms with E-state index in [0.29, 0.717) is 28.0 Å². The molecule has 1 aliphatic rings. The Labute approximate surface area is 184 Å². The van der Waals surface area contributed by atoms with Gasteiger partial charge in [-0.25, -0.2) is 4.90 Å². The summed E-state index contributed by atoms with van der Waals surface area (Å²) in [5.74, 6) is 0.272. The van der Waals surface area contributed by atoms with Gasteiger partial charge >= 0.3 is 0 Å². The number of hydrogen-bond donors (Lipinski definition) is 0. The minimum Gasteiger partial charge on any atom is -0.488 e. The number of nitrogens with zero attached hydrogens (tertiary/aromatic N) is 1. The van der Waals surface area contributed by atoms with Crippen LogP contribution in [0, 0.1) is 6.92 Å². The van der Waals surface area contributed by atoms with Crippen molar-refractivity contribution in [3.8, 4) is 5.75 Å². The van der Waals surface area contributed by atoms with Gasteiger partial charge in [0.25, 0.3) is 11.1 Å². The van der Waals surface area contributed by atoms with Gasteiger partial charge in [-0.15, -0.1) is 0 Å². The summed E-state index contributed by atoms with van der Waals surface area (Å²) in [6.45, 7) is 2.45. The van der Waals surface area contributed by atoms with E-state index in [1.54, 1.807) is 30.3 Å². The predicted molar refractivity (Wildman–Crippen MR) is 122 cm³/mol. The van der Waals surface area contributed by atoms with Crippen molar-refractivity contribution < 1.29 is 14.3 Å². The molecule has 0 unspecified atom stereocenters. The van der Waals surface area contributed by atoms with Crippen LogP contribution in [-0.2, 0) is 11.4 Å². The largest absolute Gasteiger partial charge is 0.488 e. The molecule has 0 aromatic heterocycles. The molecule has 1 saturated heterocycles. The van der Waals surface area contributed by atoms with E-state index < -0.39 is 0 Å². The Bertz CT molecular complexity index is 1140. The minimum absolute atomic E-state index is 0.339. The second-order valence-electron chi connectivity index (χ2n) is 6.81. The van der Waals surface area contributed by atoms with E-state index in [0.717, 1.165) is 27.8 Å². The number of benzene rings is 3. The van der Waals surface area contributed by atoms with Gasteiger partial charge in [0.1, 0.15) is 12.4 Å². The molecule has 0 N–H and O–H groups in total. The highest BCUT2D eigenvalue weighted by molar-refractivity contribution is 8.19. The van der Waals surface area contributed by atoms with Gasteiger partial charge < -0.3 is 4.74 Å². The zero-order chi connectivity index (χ0) is 21.1. The summed E-state index contributed by atoms with van der Waals surface area (Å²) >= 11 is 6.91. The van der Waals surface area contributed by atoms with E-state index in [1.165, 1.54) is 5.56 Å². The Hall–Kier alpha value is -3.02. The molecule has 0 aliphatic carbocycles. The van der Waals surface area contributed by atoms with Gasteiger partial charge in [-0.3, -0.25) is 9.59 Å². The number of ether oxygens (including phenoxy) is 1. The number of aryl methyl sites for hydroxylation is 1. The van der Waals surface area contributed by atoms with Crippen molar-refractivity contribution in [2.24, 2.45) is 0 Å². The minimum atomic E-state index is -0.374. The highest BCUT2D eigenvalue weighted by Crippen LogP contribution is 2.37. The molecule has 3 aromatic carbocycles. The number of hydrogen-bond acceptors (Lipinski definition) is 4. The van der Waals surface area contributed by atoms with Crippen LogP contribution < -0.4 is 9.64 Å². The fraction of sp³-hybridized carbons (Fsp3) is 0.0833. The van der Waals surface area contributed by atoms with E-state index in [2.05, 4.69) is 0 Å². The van der Waals surface area contributed by atoms with Crippen LogP contribution in [0.15, 0.2) is 77.7 Å². The molecule has 0 radical (unpaired) electrons. The first kappa shape index (κ1) is 20.3. The number of imide groups is 1. The highest BCUT2D eigenvalue weighted by Gasteiger charge is 2.36. The Morgan fingerprint density at radius 2 is 1.77 bits per heavy atom. The monoisotopic (exact) mass is 435 g/mol.